The highest BCUT2D eigenvalue weighted by Gasteiger charge is 2.24. The highest BCUT2D eigenvalue weighted by molar-refractivity contribution is 7.92. The van der Waals surface area contributed by atoms with Crippen LogP contribution in [0, 0.1) is 0 Å². The largest absolute Gasteiger partial charge is 0.480 e. The smallest absolute Gasteiger partial charge is 0.326 e. The number of nitrogens with zero attached hydrogens (tertiary/aromatic N) is 3. The SMILES string of the molecule is CCCCC(=O)Oc1ccc(N=Nc2ccc(S(=O)(=O)Nc3ccccn3)cc2)cc1C(=O)NC(CCC(N)=S)C(=O)O. The predicted molar refractivity (Wildman–Crippen MR) is 162 cm³/mol. The molecule has 0 fully saturated rings. The number of carboxylic acid groups (broad SMARTS) is 1. The van der Waals surface area contributed by atoms with E-state index in [1.165, 1.54) is 54.7 Å². The standard InChI is InChI=1S/C28H30N6O7S2/c1-2-3-7-26(35)41-23-14-10-19(17-21(23)27(36)31-22(28(37)38)13-15-24(29)42)33-32-18-8-11-20(12-9-18)43(39,40)34-25-6-4-5-16-30-25/h4-6,8-12,14,16-17,22H,2-3,7,13,15H2,1H3,(H2,29,42)(H,30,34)(H,31,36)(H,37,38). The van der Waals surface area contributed by atoms with E-state index in [4.69, 9.17) is 22.7 Å². The van der Waals surface area contributed by atoms with Crippen molar-refractivity contribution in [1.29, 1.82) is 0 Å². The van der Waals surface area contributed by atoms with E-state index in [0.717, 1.165) is 6.42 Å². The van der Waals surface area contributed by atoms with Gasteiger partial charge in [0.15, 0.2) is 0 Å². The normalized spacial score (nSPS) is 11.9. The molecule has 13 nitrogen and oxygen atoms in total. The lowest BCUT2D eigenvalue weighted by Gasteiger charge is -2.16. The molecule has 1 aromatic heterocycles. The van der Waals surface area contributed by atoms with Gasteiger partial charge < -0.3 is 20.9 Å². The Balaban J connectivity index is 1.83. The van der Waals surface area contributed by atoms with Gasteiger partial charge in [0.25, 0.3) is 15.9 Å². The Morgan fingerprint density at radius 1 is 1.05 bits per heavy atom. The number of azo groups is 1. The van der Waals surface area contributed by atoms with Gasteiger partial charge in [0.2, 0.25) is 0 Å². The number of sulfonamides is 1. The van der Waals surface area contributed by atoms with E-state index in [2.05, 4.69) is 25.3 Å². The van der Waals surface area contributed by atoms with Gasteiger partial charge in [-0.2, -0.15) is 10.2 Å². The van der Waals surface area contributed by atoms with Crippen molar-refractivity contribution in [2.45, 2.75) is 50.0 Å². The summed E-state index contributed by atoms with van der Waals surface area (Å²) in [5, 5.41) is 20.1. The summed E-state index contributed by atoms with van der Waals surface area (Å²) < 4.78 is 33.0. The molecule has 1 heterocycles. The summed E-state index contributed by atoms with van der Waals surface area (Å²) in [6.45, 7) is 1.91. The molecule has 43 heavy (non-hydrogen) atoms. The average Bonchev–Trinajstić information content (AvgIpc) is 2.97. The molecule has 15 heteroatoms. The number of esters is 1. The predicted octanol–water partition coefficient (Wildman–Crippen LogP) is 4.64. The topological polar surface area (TPSA) is 202 Å². The summed E-state index contributed by atoms with van der Waals surface area (Å²) >= 11 is 4.81. The van der Waals surface area contributed by atoms with Crippen LogP contribution in [0.4, 0.5) is 17.2 Å². The fourth-order valence-electron chi connectivity index (χ4n) is 3.55. The third kappa shape index (κ3) is 10.2. The highest BCUT2D eigenvalue weighted by Crippen LogP contribution is 2.28. The number of ether oxygens (including phenoxy) is 1. The van der Waals surface area contributed by atoms with Crippen LogP contribution < -0.4 is 20.5 Å². The number of aromatic nitrogens is 1. The Labute approximate surface area is 253 Å². The number of nitrogens with one attached hydrogen (secondary N) is 2. The van der Waals surface area contributed by atoms with Gasteiger partial charge >= 0.3 is 11.9 Å². The number of carbonyl (C=O) groups excluding carboxylic acids is 2. The van der Waals surface area contributed by atoms with Crippen LogP contribution in [0.15, 0.2) is 82.0 Å². The second-order valence-electron chi connectivity index (χ2n) is 9.14. The lowest BCUT2D eigenvalue weighted by molar-refractivity contribution is -0.139. The first-order chi connectivity index (χ1) is 20.5. The number of amides is 1. The molecular weight excluding hydrogens is 596 g/mol. The number of nitrogens with two attached hydrogens (primary N) is 1. The molecule has 0 aliphatic rings. The van der Waals surface area contributed by atoms with Crippen molar-refractivity contribution >= 4 is 62.3 Å². The molecule has 3 aromatic rings. The number of anilines is 1. The monoisotopic (exact) mass is 626 g/mol. The number of pyridine rings is 1. The van der Waals surface area contributed by atoms with E-state index in [9.17, 15) is 27.9 Å². The van der Waals surface area contributed by atoms with Gasteiger partial charge in [0.1, 0.15) is 17.6 Å². The van der Waals surface area contributed by atoms with Gasteiger partial charge in [-0.15, -0.1) is 0 Å². The first-order valence-corrected chi connectivity index (χ1v) is 15.0. The van der Waals surface area contributed by atoms with E-state index in [0.29, 0.717) is 12.1 Å². The number of carboxylic acids is 1. The van der Waals surface area contributed by atoms with Crippen LogP contribution in [0.3, 0.4) is 0 Å². The number of benzene rings is 2. The minimum atomic E-state index is -3.88. The fraction of sp³-hybridized carbons (Fsp3) is 0.250. The molecule has 0 radical (unpaired) electrons. The number of carbonyl (C=O) groups is 3. The number of unbranched alkanes of at least 4 members (excludes halogenated alkanes) is 1. The Bertz CT molecular complexity index is 1600. The van der Waals surface area contributed by atoms with Crippen LogP contribution in [0.25, 0.3) is 0 Å². The van der Waals surface area contributed by atoms with Crippen molar-refractivity contribution in [2.24, 2.45) is 16.0 Å². The molecule has 3 rings (SSSR count). The maximum atomic E-state index is 13.1. The van der Waals surface area contributed by atoms with Crippen molar-refractivity contribution in [2.75, 3.05) is 4.72 Å². The summed E-state index contributed by atoms with van der Waals surface area (Å²) in [6, 6.07) is 13.2. The van der Waals surface area contributed by atoms with Gasteiger partial charge in [-0.05, 0) is 67.4 Å². The molecule has 0 saturated heterocycles. The first kappa shape index (κ1) is 32.8. The summed E-state index contributed by atoms with van der Waals surface area (Å²) in [6.07, 6.45) is 3.00. The second kappa shape index (κ2) is 15.5. The third-order valence-electron chi connectivity index (χ3n) is 5.78. The molecule has 1 atom stereocenters. The highest BCUT2D eigenvalue weighted by atomic mass is 32.2. The van der Waals surface area contributed by atoms with Crippen molar-refractivity contribution < 1.29 is 32.6 Å². The van der Waals surface area contributed by atoms with Crippen molar-refractivity contribution in [3.05, 3.63) is 72.4 Å². The summed E-state index contributed by atoms with van der Waals surface area (Å²) in [7, 11) is -3.88. The van der Waals surface area contributed by atoms with Crippen LogP contribution in [-0.2, 0) is 19.6 Å². The summed E-state index contributed by atoms with van der Waals surface area (Å²) in [4.78, 5) is 41.1. The molecule has 1 unspecified atom stereocenters. The van der Waals surface area contributed by atoms with Gasteiger partial charge in [0, 0.05) is 19.0 Å². The molecular formula is C28H30N6O7S2. The Hall–Kier alpha value is -4.76. The van der Waals surface area contributed by atoms with Crippen molar-refractivity contribution in [1.82, 2.24) is 10.3 Å². The Morgan fingerprint density at radius 3 is 2.37 bits per heavy atom. The fourth-order valence-corrected chi connectivity index (χ4v) is 4.67. The number of hydrogen-bond donors (Lipinski definition) is 4. The molecule has 0 aliphatic heterocycles. The average molecular weight is 627 g/mol. The van der Waals surface area contributed by atoms with E-state index < -0.39 is 33.9 Å². The molecule has 0 spiro atoms. The molecule has 5 N–H and O–H groups in total. The number of thiocarbonyl (C=S) groups is 1. The van der Waals surface area contributed by atoms with Crippen LogP contribution in [0.5, 0.6) is 5.75 Å². The molecule has 0 aliphatic carbocycles. The molecule has 0 saturated carbocycles. The van der Waals surface area contributed by atoms with E-state index in [-0.39, 0.29) is 52.0 Å². The minimum absolute atomic E-state index is 0.0197. The molecule has 0 bridgehead atoms. The molecule has 1 amide bonds. The Kier molecular flexibility index (Phi) is 11.8. The van der Waals surface area contributed by atoms with E-state index in [1.54, 1.807) is 12.1 Å². The van der Waals surface area contributed by atoms with Gasteiger partial charge in [-0.3, -0.25) is 14.3 Å². The minimum Gasteiger partial charge on any atom is -0.480 e. The third-order valence-corrected chi connectivity index (χ3v) is 7.36. The first-order valence-electron chi connectivity index (χ1n) is 13.1. The van der Waals surface area contributed by atoms with Gasteiger partial charge in [-0.25, -0.2) is 18.2 Å². The van der Waals surface area contributed by atoms with Gasteiger partial charge in [0.05, 0.1) is 26.8 Å². The molecule has 2 aromatic carbocycles. The zero-order valence-electron chi connectivity index (χ0n) is 23.1. The summed E-state index contributed by atoms with van der Waals surface area (Å²) in [5.74, 6) is -2.57. The van der Waals surface area contributed by atoms with Crippen LogP contribution >= 0.6 is 12.2 Å². The number of rotatable bonds is 15. The van der Waals surface area contributed by atoms with Crippen LogP contribution in [0.2, 0.25) is 0 Å². The Morgan fingerprint density at radius 2 is 1.74 bits per heavy atom. The van der Waals surface area contributed by atoms with Gasteiger partial charge in [-0.1, -0.05) is 31.6 Å². The van der Waals surface area contributed by atoms with E-state index >= 15 is 0 Å². The zero-order chi connectivity index (χ0) is 31.4. The number of hydrogen-bond acceptors (Lipinski definition) is 10. The van der Waals surface area contributed by atoms with Crippen molar-refractivity contribution in [3.63, 3.8) is 0 Å². The maximum Gasteiger partial charge on any atom is 0.326 e. The number of aliphatic carboxylic acids is 1. The lowest BCUT2D eigenvalue weighted by atomic mass is 10.1. The van der Waals surface area contributed by atoms with Crippen LogP contribution in [-0.4, -0.2) is 47.4 Å². The summed E-state index contributed by atoms with van der Waals surface area (Å²) in [5.41, 5.74) is 5.83. The zero-order valence-corrected chi connectivity index (χ0v) is 24.7. The second-order valence-corrected chi connectivity index (χ2v) is 11.3. The van der Waals surface area contributed by atoms with Crippen molar-refractivity contribution in [3.8, 4) is 5.75 Å². The van der Waals surface area contributed by atoms with Crippen LogP contribution in [0.1, 0.15) is 49.4 Å². The molecule has 226 valence electrons. The lowest BCUT2D eigenvalue weighted by Crippen LogP contribution is -2.41. The quantitative estimate of drug-likeness (QED) is 0.0796. The van der Waals surface area contributed by atoms with E-state index in [1.807, 2.05) is 6.92 Å². The maximum absolute atomic E-state index is 13.1.